The Morgan fingerprint density at radius 1 is 1.05 bits per heavy atom. The summed E-state index contributed by atoms with van der Waals surface area (Å²) in [5.74, 6) is 1.02. The molecule has 0 bridgehead atoms. The molecule has 1 amide bonds. The van der Waals surface area contributed by atoms with Gasteiger partial charge in [-0.2, -0.15) is 0 Å². The van der Waals surface area contributed by atoms with Gasteiger partial charge in [-0.25, -0.2) is 0 Å². The molecule has 2 aromatic rings. The highest BCUT2D eigenvalue weighted by atomic mass is 16.5. The van der Waals surface area contributed by atoms with E-state index < -0.39 is 11.5 Å². The Morgan fingerprint density at radius 2 is 1.73 bits per heavy atom. The van der Waals surface area contributed by atoms with Crippen molar-refractivity contribution in [2.24, 2.45) is 11.1 Å². The van der Waals surface area contributed by atoms with Crippen LogP contribution in [0.1, 0.15) is 63.5 Å². The van der Waals surface area contributed by atoms with Crippen molar-refractivity contribution in [1.29, 1.82) is 0 Å². The fourth-order valence-corrected chi connectivity index (χ4v) is 5.27. The number of allylic oxidation sites excluding steroid dienone is 2. The molecule has 7 heteroatoms. The van der Waals surface area contributed by atoms with Gasteiger partial charge in [0.2, 0.25) is 5.91 Å². The van der Waals surface area contributed by atoms with Crippen LogP contribution in [0.5, 0.6) is 5.75 Å². The zero-order valence-electron chi connectivity index (χ0n) is 24.7. The second kappa shape index (κ2) is 13.0. The van der Waals surface area contributed by atoms with Crippen molar-refractivity contribution in [3.05, 3.63) is 89.3 Å². The van der Waals surface area contributed by atoms with Gasteiger partial charge >= 0.3 is 0 Å². The highest BCUT2D eigenvalue weighted by Crippen LogP contribution is 2.38. The largest absolute Gasteiger partial charge is 0.491 e. The van der Waals surface area contributed by atoms with E-state index >= 15 is 0 Å². The summed E-state index contributed by atoms with van der Waals surface area (Å²) in [7, 11) is 0. The van der Waals surface area contributed by atoms with Gasteiger partial charge < -0.3 is 20.5 Å². The van der Waals surface area contributed by atoms with E-state index in [-0.39, 0.29) is 18.1 Å². The Kier molecular flexibility index (Phi) is 9.72. The van der Waals surface area contributed by atoms with Crippen molar-refractivity contribution in [2.75, 3.05) is 39.3 Å². The minimum atomic E-state index is -0.640. The number of amides is 1. The molecule has 40 heavy (non-hydrogen) atoms. The van der Waals surface area contributed by atoms with Crippen LogP contribution < -0.4 is 10.5 Å². The summed E-state index contributed by atoms with van der Waals surface area (Å²) in [6.45, 7) is 15.1. The summed E-state index contributed by atoms with van der Waals surface area (Å²) in [5.41, 5.74) is 8.76. The van der Waals surface area contributed by atoms with Gasteiger partial charge in [-0.15, -0.1) is 0 Å². The summed E-state index contributed by atoms with van der Waals surface area (Å²) in [6.07, 6.45) is 5.96. The van der Waals surface area contributed by atoms with Gasteiger partial charge in [0.25, 0.3) is 0 Å². The number of benzene rings is 2. The number of carbonyl (C=O) groups excluding carboxylic acids is 1. The molecule has 2 unspecified atom stereocenters. The number of hydrogen-bond acceptors (Lipinski definition) is 6. The molecule has 2 heterocycles. The lowest BCUT2D eigenvalue weighted by Crippen LogP contribution is -2.47. The third-order valence-corrected chi connectivity index (χ3v) is 7.54. The first-order valence-corrected chi connectivity index (χ1v) is 14.5. The number of ether oxygens (including phenoxy) is 1. The molecule has 1 fully saturated rings. The van der Waals surface area contributed by atoms with Crippen LogP contribution in [0.3, 0.4) is 0 Å². The molecular formula is C33H46N4O3. The number of rotatable bonds is 9. The van der Waals surface area contributed by atoms with Crippen LogP contribution in [0.25, 0.3) is 0 Å². The smallest absolute Gasteiger partial charge is 0.234 e. The van der Waals surface area contributed by atoms with Crippen molar-refractivity contribution >= 4 is 5.91 Å². The number of nitrogens with two attached hydrogens (primary N) is 1. The highest BCUT2D eigenvalue weighted by Gasteiger charge is 2.36. The number of aliphatic hydroxyl groups is 1. The number of hydrogen-bond donors (Lipinski definition) is 2. The second-order valence-electron chi connectivity index (χ2n) is 12.2. The van der Waals surface area contributed by atoms with E-state index in [0.717, 1.165) is 50.3 Å². The molecule has 0 spiro atoms. The lowest BCUT2D eigenvalue weighted by Gasteiger charge is -2.37. The molecule has 4 rings (SSSR count). The first-order valence-electron chi connectivity index (χ1n) is 14.5. The van der Waals surface area contributed by atoms with Gasteiger partial charge in [0.15, 0.2) is 0 Å². The van der Waals surface area contributed by atoms with Crippen molar-refractivity contribution in [3.63, 3.8) is 0 Å². The molecule has 0 aromatic heterocycles. The van der Waals surface area contributed by atoms with Crippen LogP contribution in [0.2, 0.25) is 0 Å². The molecule has 2 atom stereocenters. The molecule has 0 saturated carbocycles. The van der Waals surface area contributed by atoms with Gasteiger partial charge in [-0.3, -0.25) is 14.6 Å². The van der Waals surface area contributed by atoms with E-state index in [4.69, 9.17) is 10.5 Å². The zero-order valence-corrected chi connectivity index (χ0v) is 24.7. The average Bonchev–Trinajstić information content (AvgIpc) is 2.92. The van der Waals surface area contributed by atoms with Crippen LogP contribution in [0.4, 0.5) is 0 Å². The summed E-state index contributed by atoms with van der Waals surface area (Å²) in [4.78, 5) is 19.8. The number of nitrogens with zero attached hydrogens (tertiary/aromatic N) is 3. The molecule has 216 valence electrons. The first-order chi connectivity index (χ1) is 19.0. The van der Waals surface area contributed by atoms with E-state index in [1.165, 1.54) is 5.56 Å². The van der Waals surface area contributed by atoms with Gasteiger partial charge in [0, 0.05) is 50.2 Å². The predicted molar refractivity (Wildman–Crippen MR) is 161 cm³/mol. The maximum absolute atomic E-state index is 13.4. The lowest BCUT2D eigenvalue weighted by atomic mass is 9.91. The molecule has 0 radical (unpaired) electrons. The second-order valence-corrected chi connectivity index (χ2v) is 12.2. The molecule has 1 saturated heterocycles. The fraction of sp³-hybridized carbons (Fsp3) is 0.485. The molecule has 2 aliphatic heterocycles. The van der Waals surface area contributed by atoms with Gasteiger partial charge in [-0.05, 0) is 43.5 Å². The maximum atomic E-state index is 13.4. The minimum absolute atomic E-state index is 0.0573. The van der Waals surface area contributed by atoms with E-state index in [9.17, 15) is 9.90 Å². The van der Waals surface area contributed by atoms with E-state index in [0.29, 0.717) is 18.1 Å². The van der Waals surface area contributed by atoms with Gasteiger partial charge in [0.1, 0.15) is 11.6 Å². The van der Waals surface area contributed by atoms with Gasteiger partial charge in [-0.1, -0.05) is 75.4 Å². The average molecular weight is 547 g/mol. The van der Waals surface area contributed by atoms with E-state index in [1.54, 1.807) is 11.0 Å². The Morgan fingerprint density at radius 3 is 2.38 bits per heavy atom. The number of aliphatic hydroxyl groups excluding tert-OH is 1. The predicted octanol–water partition coefficient (Wildman–Crippen LogP) is 4.65. The van der Waals surface area contributed by atoms with Crippen molar-refractivity contribution in [3.8, 4) is 5.75 Å². The minimum Gasteiger partial charge on any atom is -0.491 e. The Balaban J connectivity index is 1.43. The summed E-state index contributed by atoms with van der Waals surface area (Å²) in [5, 5.41) is 11.2. The van der Waals surface area contributed by atoms with Gasteiger partial charge in [0.05, 0.1) is 18.2 Å². The van der Waals surface area contributed by atoms with Crippen molar-refractivity contribution in [1.82, 2.24) is 14.7 Å². The molecule has 2 aliphatic rings. The summed E-state index contributed by atoms with van der Waals surface area (Å²) < 4.78 is 6.24. The molecule has 7 nitrogen and oxygen atoms in total. The Bertz CT molecular complexity index is 1190. The van der Waals surface area contributed by atoms with Crippen LogP contribution in [-0.4, -0.2) is 71.1 Å². The van der Waals surface area contributed by atoms with Crippen LogP contribution in [0, 0.1) is 5.41 Å². The van der Waals surface area contributed by atoms with E-state index in [1.807, 2.05) is 65.0 Å². The fourth-order valence-electron chi connectivity index (χ4n) is 5.27. The highest BCUT2D eigenvalue weighted by molar-refractivity contribution is 5.84. The topological polar surface area (TPSA) is 82.3 Å². The third-order valence-electron chi connectivity index (χ3n) is 7.54. The molecule has 3 N–H and O–H groups in total. The summed E-state index contributed by atoms with van der Waals surface area (Å²) >= 11 is 0. The van der Waals surface area contributed by atoms with Crippen LogP contribution in [-0.2, 0) is 11.2 Å². The first kappa shape index (κ1) is 29.8. The quantitative estimate of drug-likeness (QED) is 0.476. The Hall–Kier alpha value is -3.13. The zero-order chi connectivity index (χ0) is 28.9. The summed E-state index contributed by atoms with van der Waals surface area (Å²) in [6, 6.07) is 16.1. The SMILES string of the molecule is CC(C)Oc1cc(C(O)CN2CCN(CCc3ccccc3)CC2)ccc1C1C=CC=C(N)N1C(=O)C(C)(C)C. The van der Waals surface area contributed by atoms with Crippen molar-refractivity contribution < 1.29 is 14.6 Å². The number of piperazine rings is 1. The number of carbonyl (C=O) groups is 1. The molecule has 0 aliphatic carbocycles. The lowest BCUT2D eigenvalue weighted by molar-refractivity contribution is -0.139. The van der Waals surface area contributed by atoms with Crippen LogP contribution >= 0.6 is 0 Å². The molecular weight excluding hydrogens is 500 g/mol. The van der Waals surface area contributed by atoms with Crippen molar-refractivity contribution in [2.45, 2.75) is 59.3 Å². The standard InChI is InChI=1S/C33H46N4O3/c1-24(2)40-30-22-26(14-15-27(30)28-12-9-13-31(34)37(28)32(39)33(3,4)5)29(38)23-36-20-18-35(19-21-36)17-16-25-10-7-6-8-11-25/h6-15,22,24,28-29,38H,16-21,23,34H2,1-5H3. The maximum Gasteiger partial charge on any atom is 0.234 e. The Labute approximate surface area is 239 Å². The molecule has 2 aromatic carbocycles. The third kappa shape index (κ3) is 7.53. The monoisotopic (exact) mass is 546 g/mol. The van der Waals surface area contributed by atoms with E-state index in [2.05, 4.69) is 40.1 Å². The normalized spacial score (nSPS) is 19.5. The number of β-amino-alcohol motifs (C(OH)–C–C–N with tert-alkyl or cyclic N) is 1. The van der Waals surface area contributed by atoms with Crippen LogP contribution in [0.15, 0.2) is 72.6 Å².